The van der Waals surface area contributed by atoms with Crippen molar-refractivity contribution in [2.45, 2.75) is 33.2 Å². The first-order chi connectivity index (χ1) is 9.25. The Morgan fingerprint density at radius 2 is 1.95 bits per heavy atom. The monoisotopic (exact) mass is 258 g/mol. The molecular formula is C15H22N4. The van der Waals surface area contributed by atoms with Gasteiger partial charge in [-0.2, -0.15) is 5.10 Å². The van der Waals surface area contributed by atoms with E-state index in [-0.39, 0.29) is 0 Å². The molecule has 2 heterocycles. The molecule has 4 nitrogen and oxygen atoms in total. The number of aromatic nitrogens is 3. The Labute approximate surface area is 114 Å². The van der Waals surface area contributed by atoms with Crippen molar-refractivity contribution < 1.29 is 0 Å². The molecule has 0 aliphatic heterocycles. The zero-order chi connectivity index (χ0) is 13.5. The average molecular weight is 258 g/mol. The van der Waals surface area contributed by atoms with E-state index in [1.807, 2.05) is 19.3 Å². The highest BCUT2D eigenvalue weighted by Gasteiger charge is 1.99. The molecule has 0 unspecified atom stereocenters. The van der Waals surface area contributed by atoms with Crippen LogP contribution in [0.3, 0.4) is 0 Å². The summed E-state index contributed by atoms with van der Waals surface area (Å²) in [7, 11) is 0. The molecule has 4 heteroatoms. The minimum Gasteiger partial charge on any atom is -0.316 e. The van der Waals surface area contributed by atoms with E-state index in [0.29, 0.717) is 0 Å². The number of aryl methyl sites for hydroxylation is 3. The number of nitrogens with zero attached hydrogens (tertiary/aromatic N) is 3. The maximum absolute atomic E-state index is 4.46. The summed E-state index contributed by atoms with van der Waals surface area (Å²) < 4.78 is 2.08. The van der Waals surface area contributed by atoms with E-state index in [9.17, 15) is 0 Å². The van der Waals surface area contributed by atoms with Crippen molar-refractivity contribution in [2.24, 2.45) is 0 Å². The van der Waals surface area contributed by atoms with Crippen LogP contribution in [0.25, 0.3) is 0 Å². The van der Waals surface area contributed by atoms with Crippen LogP contribution in [0.1, 0.15) is 23.4 Å². The second-order valence-electron chi connectivity index (χ2n) is 4.86. The van der Waals surface area contributed by atoms with Gasteiger partial charge in [-0.3, -0.25) is 9.67 Å². The summed E-state index contributed by atoms with van der Waals surface area (Å²) in [5, 5.41) is 7.93. The molecule has 0 aliphatic carbocycles. The summed E-state index contributed by atoms with van der Waals surface area (Å²) in [4.78, 5) is 4.02. The zero-order valence-electron chi connectivity index (χ0n) is 11.8. The molecule has 2 aromatic rings. The molecule has 0 saturated carbocycles. The van der Waals surface area contributed by atoms with Crippen molar-refractivity contribution in [2.75, 3.05) is 13.1 Å². The fourth-order valence-corrected chi connectivity index (χ4v) is 2.16. The van der Waals surface area contributed by atoms with Crippen LogP contribution in [-0.4, -0.2) is 27.9 Å². The van der Waals surface area contributed by atoms with Crippen LogP contribution in [0.2, 0.25) is 0 Å². The molecule has 1 N–H and O–H groups in total. The molecule has 2 rings (SSSR count). The third-order valence-corrected chi connectivity index (χ3v) is 3.17. The fourth-order valence-electron chi connectivity index (χ4n) is 2.16. The van der Waals surface area contributed by atoms with Gasteiger partial charge in [0.15, 0.2) is 0 Å². The summed E-state index contributed by atoms with van der Waals surface area (Å²) in [5.74, 6) is 0. The highest BCUT2D eigenvalue weighted by Crippen LogP contribution is 2.02. The van der Waals surface area contributed by atoms with Crippen LogP contribution in [-0.2, 0) is 13.0 Å². The van der Waals surface area contributed by atoms with Gasteiger partial charge in [0.1, 0.15) is 0 Å². The van der Waals surface area contributed by atoms with Crippen LogP contribution in [0.15, 0.2) is 30.6 Å². The first-order valence-electron chi connectivity index (χ1n) is 6.86. The number of pyridine rings is 1. The Kier molecular flexibility index (Phi) is 5.10. The van der Waals surface area contributed by atoms with Gasteiger partial charge >= 0.3 is 0 Å². The van der Waals surface area contributed by atoms with Crippen molar-refractivity contribution in [3.05, 3.63) is 47.5 Å². The molecule has 0 aliphatic rings. The molecule has 0 fully saturated rings. The Morgan fingerprint density at radius 3 is 2.63 bits per heavy atom. The summed E-state index contributed by atoms with van der Waals surface area (Å²) in [5.41, 5.74) is 3.68. The van der Waals surface area contributed by atoms with E-state index < -0.39 is 0 Å². The predicted molar refractivity (Wildman–Crippen MR) is 77.1 cm³/mol. The summed E-state index contributed by atoms with van der Waals surface area (Å²) in [6, 6.07) is 6.26. The third kappa shape index (κ3) is 4.48. The summed E-state index contributed by atoms with van der Waals surface area (Å²) in [6.45, 7) is 7.18. The molecule has 2 aromatic heterocycles. The number of hydrogen-bond donors (Lipinski definition) is 1. The molecular weight excluding hydrogens is 236 g/mol. The standard InChI is InChI=1S/C15H22N4/c1-13-12-14(2)19(18-13)11-3-7-16-8-4-15-5-9-17-10-6-15/h5-6,9-10,12,16H,3-4,7-8,11H2,1-2H3. The van der Waals surface area contributed by atoms with Gasteiger partial charge in [0, 0.05) is 24.6 Å². The second-order valence-corrected chi connectivity index (χ2v) is 4.86. The summed E-state index contributed by atoms with van der Waals surface area (Å²) >= 11 is 0. The van der Waals surface area contributed by atoms with Crippen LogP contribution >= 0.6 is 0 Å². The molecule has 0 spiro atoms. The SMILES string of the molecule is Cc1cc(C)n(CCCNCCc2ccncc2)n1. The molecule has 0 saturated heterocycles. The average Bonchev–Trinajstić information content (AvgIpc) is 2.73. The van der Waals surface area contributed by atoms with Gasteiger partial charge in [0.2, 0.25) is 0 Å². The lowest BCUT2D eigenvalue weighted by atomic mass is 10.2. The van der Waals surface area contributed by atoms with Crippen LogP contribution in [0.5, 0.6) is 0 Å². The quantitative estimate of drug-likeness (QED) is 0.774. The lowest BCUT2D eigenvalue weighted by Gasteiger charge is -2.06. The Bertz CT molecular complexity index is 490. The topological polar surface area (TPSA) is 42.7 Å². The van der Waals surface area contributed by atoms with Crippen molar-refractivity contribution in [1.29, 1.82) is 0 Å². The third-order valence-electron chi connectivity index (χ3n) is 3.17. The van der Waals surface area contributed by atoms with E-state index in [2.05, 4.69) is 45.2 Å². The Hall–Kier alpha value is -1.68. The minimum absolute atomic E-state index is 0.988. The molecule has 102 valence electrons. The van der Waals surface area contributed by atoms with Crippen LogP contribution in [0, 0.1) is 13.8 Å². The van der Waals surface area contributed by atoms with Crippen molar-refractivity contribution in [1.82, 2.24) is 20.1 Å². The highest BCUT2D eigenvalue weighted by molar-refractivity contribution is 5.09. The van der Waals surface area contributed by atoms with Gasteiger partial charge in [-0.05, 0) is 63.5 Å². The van der Waals surface area contributed by atoms with Gasteiger partial charge in [0.05, 0.1) is 5.69 Å². The van der Waals surface area contributed by atoms with Crippen molar-refractivity contribution >= 4 is 0 Å². The van der Waals surface area contributed by atoms with E-state index >= 15 is 0 Å². The molecule has 0 radical (unpaired) electrons. The molecule has 0 aromatic carbocycles. The van der Waals surface area contributed by atoms with Gasteiger partial charge in [-0.1, -0.05) is 0 Å². The predicted octanol–water partition coefficient (Wildman–Crippen LogP) is 2.12. The summed E-state index contributed by atoms with van der Waals surface area (Å²) in [6.07, 6.45) is 5.86. The van der Waals surface area contributed by atoms with Gasteiger partial charge in [0.25, 0.3) is 0 Å². The van der Waals surface area contributed by atoms with E-state index in [1.165, 1.54) is 11.3 Å². The number of rotatable bonds is 7. The lowest BCUT2D eigenvalue weighted by molar-refractivity contribution is 0.533. The molecule has 0 bridgehead atoms. The maximum Gasteiger partial charge on any atom is 0.0596 e. The first-order valence-corrected chi connectivity index (χ1v) is 6.86. The smallest absolute Gasteiger partial charge is 0.0596 e. The lowest BCUT2D eigenvalue weighted by Crippen LogP contribution is -2.20. The normalized spacial score (nSPS) is 10.8. The zero-order valence-corrected chi connectivity index (χ0v) is 11.8. The molecule has 0 atom stereocenters. The van der Waals surface area contributed by atoms with E-state index in [0.717, 1.165) is 38.2 Å². The maximum atomic E-state index is 4.46. The molecule has 19 heavy (non-hydrogen) atoms. The Morgan fingerprint density at radius 1 is 1.16 bits per heavy atom. The Balaban J connectivity index is 1.59. The first kappa shape index (κ1) is 13.7. The fraction of sp³-hybridized carbons (Fsp3) is 0.467. The van der Waals surface area contributed by atoms with Crippen molar-refractivity contribution in [3.63, 3.8) is 0 Å². The van der Waals surface area contributed by atoms with Crippen LogP contribution < -0.4 is 5.32 Å². The minimum atomic E-state index is 0.988. The van der Waals surface area contributed by atoms with Gasteiger partial charge in [-0.15, -0.1) is 0 Å². The van der Waals surface area contributed by atoms with Gasteiger partial charge < -0.3 is 5.32 Å². The van der Waals surface area contributed by atoms with Crippen molar-refractivity contribution in [3.8, 4) is 0 Å². The largest absolute Gasteiger partial charge is 0.316 e. The second kappa shape index (κ2) is 7.04. The van der Waals surface area contributed by atoms with E-state index in [1.54, 1.807) is 0 Å². The van der Waals surface area contributed by atoms with Crippen LogP contribution in [0.4, 0.5) is 0 Å². The number of hydrogen-bond acceptors (Lipinski definition) is 3. The highest BCUT2D eigenvalue weighted by atomic mass is 15.3. The number of nitrogens with one attached hydrogen (secondary N) is 1. The van der Waals surface area contributed by atoms with Gasteiger partial charge in [-0.25, -0.2) is 0 Å². The molecule has 0 amide bonds. The van der Waals surface area contributed by atoms with E-state index in [4.69, 9.17) is 0 Å².